The van der Waals surface area contributed by atoms with Crippen molar-refractivity contribution in [3.05, 3.63) is 65.7 Å². The second-order valence-corrected chi connectivity index (χ2v) is 8.19. The molecule has 2 aromatic rings. The van der Waals surface area contributed by atoms with E-state index in [9.17, 15) is 13.2 Å². The van der Waals surface area contributed by atoms with Crippen molar-refractivity contribution >= 4 is 27.3 Å². The molecule has 0 fully saturated rings. The molecular weight excluding hydrogens is 366 g/mol. The van der Waals surface area contributed by atoms with Gasteiger partial charge in [0.25, 0.3) is 5.91 Å². The zero-order chi connectivity index (χ0) is 19.4. The molecule has 7 nitrogen and oxygen atoms in total. The highest BCUT2D eigenvalue weighted by atomic mass is 32.2. The van der Waals surface area contributed by atoms with E-state index in [-0.39, 0.29) is 18.1 Å². The summed E-state index contributed by atoms with van der Waals surface area (Å²) in [5.74, 6) is -0.303. The van der Waals surface area contributed by atoms with Crippen LogP contribution in [0.5, 0.6) is 0 Å². The van der Waals surface area contributed by atoms with Gasteiger partial charge in [-0.2, -0.15) is 0 Å². The summed E-state index contributed by atoms with van der Waals surface area (Å²) in [7, 11) is -3.36. The molecule has 0 radical (unpaired) electrons. The van der Waals surface area contributed by atoms with Crippen molar-refractivity contribution < 1.29 is 18.0 Å². The third kappa shape index (κ3) is 5.07. The van der Waals surface area contributed by atoms with Crippen LogP contribution in [-0.2, 0) is 19.7 Å². The lowest BCUT2D eigenvalue weighted by Crippen LogP contribution is -2.32. The number of rotatable bonds is 6. The second-order valence-electron chi connectivity index (χ2n) is 6.44. The van der Waals surface area contributed by atoms with E-state index in [0.717, 1.165) is 17.4 Å². The standard InChI is InChI=1S/C19H21N3O4S/c1-13(15-9-6-10-16(11-15)22-27(2,24)25)20-19(23)17-12-18(26-21-17)14-7-4-3-5-8-14/h3-11,13,18,22H,12H2,1-2H3,(H,20,23). The van der Waals surface area contributed by atoms with Gasteiger partial charge >= 0.3 is 0 Å². The van der Waals surface area contributed by atoms with Crippen molar-refractivity contribution in [1.29, 1.82) is 0 Å². The van der Waals surface area contributed by atoms with Crippen molar-refractivity contribution in [1.82, 2.24) is 5.32 Å². The molecule has 2 unspecified atom stereocenters. The molecule has 2 atom stereocenters. The summed E-state index contributed by atoms with van der Waals surface area (Å²) in [6, 6.07) is 16.2. The number of sulfonamides is 1. The monoisotopic (exact) mass is 387 g/mol. The summed E-state index contributed by atoms with van der Waals surface area (Å²) in [5, 5.41) is 6.79. The molecule has 1 aliphatic rings. The van der Waals surface area contributed by atoms with Gasteiger partial charge in [-0.25, -0.2) is 8.42 Å². The fourth-order valence-electron chi connectivity index (χ4n) is 2.81. The van der Waals surface area contributed by atoms with Crippen LogP contribution in [0.4, 0.5) is 5.69 Å². The van der Waals surface area contributed by atoms with E-state index in [1.54, 1.807) is 18.2 Å². The Labute approximate surface area is 158 Å². The fraction of sp³-hybridized carbons (Fsp3) is 0.263. The van der Waals surface area contributed by atoms with Gasteiger partial charge in [-0.15, -0.1) is 0 Å². The van der Waals surface area contributed by atoms with Crippen molar-refractivity contribution in [2.24, 2.45) is 5.16 Å². The first-order valence-corrected chi connectivity index (χ1v) is 10.4. The van der Waals surface area contributed by atoms with Crippen LogP contribution in [0.25, 0.3) is 0 Å². The normalized spacial score (nSPS) is 17.6. The lowest BCUT2D eigenvalue weighted by molar-refractivity contribution is -0.115. The maximum absolute atomic E-state index is 12.5. The van der Waals surface area contributed by atoms with Crippen LogP contribution in [0.3, 0.4) is 0 Å². The summed E-state index contributed by atoms with van der Waals surface area (Å²) in [4.78, 5) is 17.9. The number of oxime groups is 1. The quantitative estimate of drug-likeness (QED) is 0.796. The Hall–Kier alpha value is -2.87. The molecule has 0 aromatic heterocycles. The van der Waals surface area contributed by atoms with Crippen LogP contribution in [0.15, 0.2) is 59.8 Å². The number of hydrogen-bond acceptors (Lipinski definition) is 5. The summed E-state index contributed by atoms with van der Waals surface area (Å²) >= 11 is 0. The van der Waals surface area contributed by atoms with Gasteiger partial charge in [0.05, 0.1) is 12.3 Å². The molecule has 0 spiro atoms. The van der Waals surface area contributed by atoms with Gasteiger partial charge in [-0.05, 0) is 30.2 Å². The molecular formula is C19H21N3O4S. The zero-order valence-corrected chi connectivity index (χ0v) is 15.9. The van der Waals surface area contributed by atoms with E-state index < -0.39 is 10.0 Å². The van der Waals surface area contributed by atoms with Crippen molar-refractivity contribution in [3.8, 4) is 0 Å². The maximum atomic E-state index is 12.5. The number of carbonyl (C=O) groups is 1. The topological polar surface area (TPSA) is 96.9 Å². The molecule has 2 aromatic carbocycles. The van der Waals surface area contributed by atoms with E-state index in [0.29, 0.717) is 17.8 Å². The predicted molar refractivity (Wildman–Crippen MR) is 104 cm³/mol. The van der Waals surface area contributed by atoms with Gasteiger partial charge in [-0.1, -0.05) is 47.6 Å². The SMILES string of the molecule is CC(NC(=O)C1=NOC(c2ccccc2)C1)c1cccc(NS(C)(=O)=O)c1. The third-order valence-electron chi connectivity index (χ3n) is 4.14. The Morgan fingerprint density at radius 2 is 1.93 bits per heavy atom. The van der Waals surface area contributed by atoms with Gasteiger partial charge in [-0.3, -0.25) is 9.52 Å². The van der Waals surface area contributed by atoms with Crippen LogP contribution in [-0.4, -0.2) is 26.3 Å². The van der Waals surface area contributed by atoms with E-state index in [2.05, 4.69) is 15.2 Å². The lowest BCUT2D eigenvalue weighted by atomic mass is 10.0. The summed E-state index contributed by atoms with van der Waals surface area (Å²) in [6.45, 7) is 1.82. The summed E-state index contributed by atoms with van der Waals surface area (Å²) < 4.78 is 25.2. The Morgan fingerprint density at radius 1 is 1.19 bits per heavy atom. The van der Waals surface area contributed by atoms with E-state index >= 15 is 0 Å². The van der Waals surface area contributed by atoms with Crippen LogP contribution in [0, 0.1) is 0 Å². The summed E-state index contributed by atoms with van der Waals surface area (Å²) in [6.07, 6.45) is 1.23. The highest BCUT2D eigenvalue weighted by Crippen LogP contribution is 2.27. The minimum absolute atomic E-state index is 0.260. The fourth-order valence-corrected chi connectivity index (χ4v) is 3.36. The van der Waals surface area contributed by atoms with Crippen LogP contribution in [0.2, 0.25) is 0 Å². The molecule has 1 heterocycles. The van der Waals surface area contributed by atoms with Crippen LogP contribution >= 0.6 is 0 Å². The predicted octanol–water partition coefficient (Wildman–Crippen LogP) is 2.75. The minimum atomic E-state index is -3.36. The molecule has 1 aliphatic heterocycles. The number of amides is 1. The van der Waals surface area contributed by atoms with Crippen molar-refractivity contribution in [3.63, 3.8) is 0 Å². The highest BCUT2D eigenvalue weighted by molar-refractivity contribution is 7.92. The number of nitrogens with one attached hydrogen (secondary N) is 2. The van der Waals surface area contributed by atoms with Gasteiger partial charge in [0.2, 0.25) is 10.0 Å². The number of benzene rings is 2. The molecule has 0 saturated carbocycles. The van der Waals surface area contributed by atoms with E-state index in [1.807, 2.05) is 43.3 Å². The lowest BCUT2D eigenvalue weighted by Gasteiger charge is -2.15. The van der Waals surface area contributed by atoms with E-state index in [4.69, 9.17) is 4.84 Å². The minimum Gasteiger partial charge on any atom is -0.387 e. The van der Waals surface area contributed by atoms with Gasteiger partial charge < -0.3 is 10.2 Å². The second kappa shape index (κ2) is 7.79. The molecule has 0 saturated heterocycles. The van der Waals surface area contributed by atoms with Crippen LogP contribution < -0.4 is 10.0 Å². The molecule has 142 valence electrons. The molecule has 1 amide bonds. The van der Waals surface area contributed by atoms with Gasteiger partial charge in [0.1, 0.15) is 5.71 Å². The van der Waals surface area contributed by atoms with Gasteiger partial charge in [0, 0.05) is 12.1 Å². The molecule has 0 aliphatic carbocycles. The molecule has 8 heteroatoms. The first kappa shape index (κ1) is 18.9. The summed E-state index contributed by atoms with van der Waals surface area (Å²) in [5.41, 5.74) is 2.52. The van der Waals surface area contributed by atoms with Crippen molar-refractivity contribution in [2.75, 3.05) is 11.0 Å². The Morgan fingerprint density at radius 3 is 2.63 bits per heavy atom. The van der Waals surface area contributed by atoms with E-state index in [1.165, 1.54) is 0 Å². The maximum Gasteiger partial charge on any atom is 0.269 e. The number of hydrogen-bond donors (Lipinski definition) is 2. The first-order chi connectivity index (χ1) is 12.8. The first-order valence-electron chi connectivity index (χ1n) is 8.48. The Bertz CT molecular complexity index is 958. The Balaban J connectivity index is 1.62. The molecule has 0 bridgehead atoms. The largest absolute Gasteiger partial charge is 0.387 e. The molecule has 27 heavy (non-hydrogen) atoms. The van der Waals surface area contributed by atoms with Gasteiger partial charge in [0.15, 0.2) is 6.10 Å². The molecule has 3 rings (SSSR count). The zero-order valence-electron chi connectivity index (χ0n) is 15.0. The number of anilines is 1. The van der Waals surface area contributed by atoms with Crippen LogP contribution in [0.1, 0.15) is 36.6 Å². The molecule has 2 N–H and O–H groups in total. The third-order valence-corrected chi connectivity index (χ3v) is 4.75. The van der Waals surface area contributed by atoms with Crippen molar-refractivity contribution in [2.45, 2.75) is 25.5 Å². The Kier molecular flexibility index (Phi) is 5.46. The average molecular weight is 387 g/mol. The smallest absolute Gasteiger partial charge is 0.269 e. The number of carbonyl (C=O) groups excluding carboxylic acids is 1. The number of nitrogens with zero attached hydrogens (tertiary/aromatic N) is 1. The average Bonchev–Trinajstić information content (AvgIpc) is 3.11. The highest BCUT2D eigenvalue weighted by Gasteiger charge is 2.28.